The number of aliphatic imine (C=N–C) groups is 1. The van der Waals surface area contributed by atoms with Crippen molar-refractivity contribution in [3.63, 3.8) is 0 Å². The summed E-state index contributed by atoms with van der Waals surface area (Å²) in [6.07, 6.45) is 3.30. The molecule has 0 aromatic heterocycles. The van der Waals surface area contributed by atoms with E-state index >= 15 is 0 Å². The van der Waals surface area contributed by atoms with Gasteiger partial charge in [-0.15, -0.1) is 0 Å². The van der Waals surface area contributed by atoms with Crippen molar-refractivity contribution in [2.45, 2.75) is 19.8 Å². The number of nitrogens with one attached hydrogen (secondary N) is 2. The van der Waals surface area contributed by atoms with Crippen molar-refractivity contribution < 1.29 is 4.79 Å². The number of benzene rings is 1. The summed E-state index contributed by atoms with van der Waals surface area (Å²) < 4.78 is 0. The highest BCUT2D eigenvalue weighted by Gasteiger charge is 2.09. The van der Waals surface area contributed by atoms with Gasteiger partial charge in [-0.25, -0.2) is 4.99 Å². The number of rotatable bonds is 3. The largest absolute Gasteiger partial charge is 0.373 e. The Labute approximate surface area is 107 Å². The molecule has 1 amide bonds. The standard InChI is InChI=1S/C14H17N3O/c1-10(2)11-3-5-12(6-4-11)17-14(18)13-7-8-15-9-16-13/h3-7,9-10H,8H2,1-2H3,(H,15,16)(H,17,18). The van der Waals surface area contributed by atoms with E-state index in [4.69, 9.17) is 0 Å². The zero-order valence-electron chi connectivity index (χ0n) is 10.6. The molecule has 0 atom stereocenters. The van der Waals surface area contributed by atoms with Gasteiger partial charge in [0.1, 0.15) is 5.70 Å². The maximum Gasteiger partial charge on any atom is 0.274 e. The lowest BCUT2D eigenvalue weighted by Gasteiger charge is -2.10. The zero-order chi connectivity index (χ0) is 13.0. The van der Waals surface area contributed by atoms with E-state index < -0.39 is 0 Å². The van der Waals surface area contributed by atoms with Crippen LogP contribution in [0.5, 0.6) is 0 Å². The Hall–Kier alpha value is -2.10. The summed E-state index contributed by atoms with van der Waals surface area (Å²) in [6, 6.07) is 7.89. The minimum absolute atomic E-state index is 0.176. The van der Waals surface area contributed by atoms with Crippen LogP contribution in [0.1, 0.15) is 25.3 Å². The molecule has 94 valence electrons. The van der Waals surface area contributed by atoms with Gasteiger partial charge in [0.05, 0.1) is 6.34 Å². The highest BCUT2D eigenvalue weighted by Crippen LogP contribution is 2.17. The van der Waals surface area contributed by atoms with Crippen LogP contribution in [-0.4, -0.2) is 18.8 Å². The third-order valence-corrected chi connectivity index (χ3v) is 2.78. The lowest BCUT2D eigenvalue weighted by molar-refractivity contribution is -0.112. The molecule has 4 heteroatoms. The Bertz CT molecular complexity index is 486. The van der Waals surface area contributed by atoms with Crippen LogP contribution in [0.4, 0.5) is 5.69 Å². The second-order valence-electron chi connectivity index (χ2n) is 4.49. The van der Waals surface area contributed by atoms with Gasteiger partial charge in [-0.1, -0.05) is 26.0 Å². The third kappa shape index (κ3) is 2.97. The van der Waals surface area contributed by atoms with E-state index in [-0.39, 0.29) is 5.91 Å². The molecule has 1 heterocycles. The van der Waals surface area contributed by atoms with Crippen LogP contribution in [0.3, 0.4) is 0 Å². The summed E-state index contributed by atoms with van der Waals surface area (Å²) >= 11 is 0. The van der Waals surface area contributed by atoms with Crippen molar-refractivity contribution >= 4 is 17.9 Å². The second-order valence-corrected chi connectivity index (χ2v) is 4.49. The smallest absolute Gasteiger partial charge is 0.274 e. The van der Waals surface area contributed by atoms with E-state index in [0.717, 1.165) is 5.69 Å². The molecule has 0 saturated heterocycles. The van der Waals surface area contributed by atoms with E-state index in [1.54, 1.807) is 6.08 Å². The molecule has 0 radical (unpaired) electrons. The molecule has 0 saturated carbocycles. The first-order valence-corrected chi connectivity index (χ1v) is 6.04. The number of hydrogen-bond donors (Lipinski definition) is 2. The predicted octanol–water partition coefficient (Wildman–Crippen LogP) is 2.26. The van der Waals surface area contributed by atoms with Gasteiger partial charge in [-0.3, -0.25) is 4.79 Å². The normalized spacial score (nSPS) is 14.1. The average molecular weight is 243 g/mol. The maximum atomic E-state index is 11.9. The second kappa shape index (κ2) is 5.49. The van der Waals surface area contributed by atoms with Crippen molar-refractivity contribution in [1.82, 2.24) is 5.32 Å². The molecule has 0 fully saturated rings. The topological polar surface area (TPSA) is 53.5 Å². The fourth-order valence-corrected chi connectivity index (χ4v) is 1.67. The van der Waals surface area contributed by atoms with Gasteiger partial charge in [0.15, 0.2) is 0 Å². The van der Waals surface area contributed by atoms with Gasteiger partial charge in [0.2, 0.25) is 0 Å². The van der Waals surface area contributed by atoms with E-state index in [2.05, 4.69) is 29.5 Å². The predicted molar refractivity (Wildman–Crippen MR) is 73.7 cm³/mol. The van der Waals surface area contributed by atoms with Gasteiger partial charge in [-0.05, 0) is 29.7 Å². The molecule has 1 aliphatic heterocycles. The van der Waals surface area contributed by atoms with Crippen LogP contribution in [-0.2, 0) is 4.79 Å². The van der Waals surface area contributed by atoms with Crippen molar-refractivity contribution in [1.29, 1.82) is 0 Å². The third-order valence-electron chi connectivity index (χ3n) is 2.78. The van der Waals surface area contributed by atoms with E-state index in [1.165, 1.54) is 11.9 Å². The molecular formula is C14H17N3O. The first-order valence-electron chi connectivity index (χ1n) is 6.04. The average Bonchev–Trinajstić information content (AvgIpc) is 2.40. The van der Waals surface area contributed by atoms with Gasteiger partial charge in [0, 0.05) is 12.2 Å². The Morgan fingerprint density at radius 2 is 2.06 bits per heavy atom. The monoisotopic (exact) mass is 243 g/mol. The summed E-state index contributed by atoms with van der Waals surface area (Å²) in [5, 5.41) is 5.73. The summed E-state index contributed by atoms with van der Waals surface area (Å²) in [7, 11) is 0. The SMILES string of the molecule is CC(C)c1ccc(NC(=O)C2=CCNC=N2)cc1. The molecule has 18 heavy (non-hydrogen) atoms. The molecule has 1 aromatic rings. The molecule has 0 unspecified atom stereocenters. The Balaban J connectivity index is 2.03. The molecule has 1 aliphatic rings. The minimum Gasteiger partial charge on any atom is -0.373 e. The number of anilines is 1. The van der Waals surface area contributed by atoms with Gasteiger partial charge in [0.25, 0.3) is 5.91 Å². The molecule has 1 aromatic carbocycles. The summed E-state index contributed by atoms with van der Waals surface area (Å²) in [5.74, 6) is 0.316. The zero-order valence-corrected chi connectivity index (χ0v) is 10.6. The minimum atomic E-state index is -0.176. The lowest BCUT2D eigenvalue weighted by Crippen LogP contribution is -2.21. The molecule has 2 rings (SSSR count). The summed E-state index contributed by atoms with van der Waals surface area (Å²) in [4.78, 5) is 15.8. The Morgan fingerprint density at radius 3 is 2.61 bits per heavy atom. The number of hydrogen-bond acceptors (Lipinski definition) is 3. The van der Waals surface area contributed by atoms with Crippen LogP contribution in [0.2, 0.25) is 0 Å². The van der Waals surface area contributed by atoms with E-state index in [9.17, 15) is 4.79 Å². The Morgan fingerprint density at radius 1 is 1.33 bits per heavy atom. The van der Waals surface area contributed by atoms with Crippen LogP contribution < -0.4 is 10.6 Å². The maximum absolute atomic E-state index is 11.9. The van der Waals surface area contributed by atoms with Crippen LogP contribution in [0.25, 0.3) is 0 Å². The highest BCUT2D eigenvalue weighted by atomic mass is 16.2. The van der Waals surface area contributed by atoms with Gasteiger partial charge in [-0.2, -0.15) is 0 Å². The quantitative estimate of drug-likeness (QED) is 0.855. The number of nitrogens with zero attached hydrogens (tertiary/aromatic N) is 1. The van der Waals surface area contributed by atoms with Crippen LogP contribution in [0, 0.1) is 0 Å². The number of carbonyl (C=O) groups excluding carboxylic acids is 1. The van der Waals surface area contributed by atoms with Gasteiger partial charge < -0.3 is 10.6 Å². The fraction of sp³-hybridized carbons (Fsp3) is 0.286. The molecule has 0 aliphatic carbocycles. The van der Waals surface area contributed by atoms with Gasteiger partial charge >= 0.3 is 0 Å². The highest BCUT2D eigenvalue weighted by molar-refractivity contribution is 6.04. The van der Waals surface area contributed by atoms with Crippen molar-refractivity contribution in [2.75, 3.05) is 11.9 Å². The Kier molecular flexibility index (Phi) is 3.77. The summed E-state index contributed by atoms with van der Waals surface area (Å²) in [5.41, 5.74) is 2.49. The van der Waals surface area contributed by atoms with Crippen molar-refractivity contribution in [3.05, 3.63) is 41.6 Å². The molecule has 0 bridgehead atoms. The number of carbonyl (C=O) groups is 1. The molecule has 2 N–H and O–H groups in total. The van der Waals surface area contributed by atoms with Crippen LogP contribution >= 0.6 is 0 Å². The van der Waals surface area contributed by atoms with E-state index in [1.807, 2.05) is 24.3 Å². The summed E-state index contributed by atoms with van der Waals surface area (Å²) in [6.45, 7) is 4.92. The van der Waals surface area contributed by atoms with Crippen molar-refractivity contribution in [3.8, 4) is 0 Å². The fourth-order valence-electron chi connectivity index (χ4n) is 1.67. The molecule has 4 nitrogen and oxygen atoms in total. The van der Waals surface area contributed by atoms with Crippen LogP contribution in [0.15, 0.2) is 41.0 Å². The molecule has 0 spiro atoms. The molecular weight excluding hydrogens is 226 g/mol. The first-order chi connectivity index (χ1) is 8.66. The number of amides is 1. The lowest BCUT2D eigenvalue weighted by atomic mass is 10.0. The van der Waals surface area contributed by atoms with Crippen molar-refractivity contribution in [2.24, 2.45) is 4.99 Å². The van der Waals surface area contributed by atoms with E-state index in [0.29, 0.717) is 18.2 Å². The first kappa shape index (κ1) is 12.4.